The number of ketones is 1. The minimum atomic E-state index is -1.35. The van der Waals surface area contributed by atoms with E-state index in [-0.39, 0.29) is 43.1 Å². The largest absolute Gasteiger partial charge is 0.477 e. The number of aromatic nitrogens is 2. The summed E-state index contributed by atoms with van der Waals surface area (Å²) in [5, 5.41) is 12.0. The first kappa shape index (κ1) is 37.6. The van der Waals surface area contributed by atoms with E-state index in [1.807, 2.05) is 7.05 Å². The van der Waals surface area contributed by atoms with Crippen molar-refractivity contribution in [3.05, 3.63) is 81.5 Å². The zero-order valence-electron chi connectivity index (χ0n) is 31.2. The molecule has 13 nitrogen and oxygen atoms in total. The zero-order valence-corrected chi connectivity index (χ0v) is 31.2. The Morgan fingerprint density at radius 2 is 1.82 bits per heavy atom. The molecule has 2 N–H and O–H groups in total. The molecule has 2 fully saturated rings. The lowest BCUT2D eigenvalue weighted by Gasteiger charge is -2.31. The minimum absolute atomic E-state index is 0.00689. The van der Waals surface area contributed by atoms with Gasteiger partial charge < -0.3 is 29.9 Å². The number of likely N-dealkylation sites (N-methyl/N-ethyl adjacent to an activating group) is 1. The number of aromatic carboxylic acids is 1. The van der Waals surface area contributed by atoms with Gasteiger partial charge in [0.2, 0.25) is 5.91 Å². The maximum atomic E-state index is 16.3. The summed E-state index contributed by atoms with van der Waals surface area (Å²) in [6, 6.07) is 7.33. The van der Waals surface area contributed by atoms with Crippen molar-refractivity contribution in [1.82, 2.24) is 19.6 Å². The minimum Gasteiger partial charge on any atom is -0.477 e. The third-order valence-electron chi connectivity index (χ3n) is 10.6. The Morgan fingerprint density at radius 1 is 1.07 bits per heavy atom. The zero-order chi connectivity index (χ0) is 39.5. The van der Waals surface area contributed by atoms with E-state index in [4.69, 9.17) is 9.72 Å². The number of carboxylic acid groups (broad SMARTS) is 1. The highest BCUT2D eigenvalue weighted by atomic mass is 19.2. The molecule has 3 aliphatic rings. The summed E-state index contributed by atoms with van der Waals surface area (Å²) >= 11 is 0. The van der Waals surface area contributed by atoms with E-state index in [1.54, 1.807) is 51.4 Å². The quantitative estimate of drug-likeness (QED) is 0.213. The second-order valence-electron chi connectivity index (χ2n) is 15.5. The molecule has 288 valence electrons. The average molecular weight is 757 g/mol. The Balaban J connectivity index is 1.27. The molecule has 3 aromatic heterocycles. The Bertz CT molecular complexity index is 2340. The summed E-state index contributed by atoms with van der Waals surface area (Å²) in [6.07, 6.45) is 2.97. The van der Waals surface area contributed by atoms with Crippen LogP contribution < -0.4 is 20.7 Å². The van der Waals surface area contributed by atoms with Crippen LogP contribution in [0.25, 0.3) is 27.8 Å². The van der Waals surface area contributed by atoms with Crippen LogP contribution in [0.1, 0.15) is 61.6 Å². The van der Waals surface area contributed by atoms with E-state index >= 15 is 8.78 Å². The van der Waals surface area contributed by atoms with Gasteiger partial charge in [-0.15, -0.1) is 0 Å². The molecule has 55 heavy (non-hydrogen) atoms. The number of carbonyl (C=O) groups is 4. The predicted molar refractivity (Wildman–Crippen MR) is 201 cm³/mol. The summed E-state index contributed by atoms with van der Waals surface area (Å²) < 4.78 is 38.5. The summed E-state index contributed by atoms with van der Waals surface area (Å²) in [7, 11) is 3.48. The number of halogens is 2. The fraction of sp³-hybridized carbons (Fsp3) is 0.400. The molecule has 2 amide bonds. The van der Waals surface area contributed by atoms with Gasteiger partial charge >= 0.3 is 12.1 Å². The van der Waals surface area contributed by atoms with Gasteiger partial charge in [0.25, 0.3) is 5.56 Å². The number of hydrogen-bond acceptors (Lipinski definition) is 9. The van der Waals surface area contributed by atoms with Gasteiger partial charge in [0.1, 0.15) is 11.2 Å². The van der Waals surface area contributed by atoms with Gasteiger partial charge in [0, 0.05) is 98.2 Å². The predicted octanol–water partition coefficient (Wildman–Crippen LogP) is 4.89. The Hall–Kier alpha value is -5.70. The van der Waals surface area contributed by atoms with Crippen LogP contribution in [0.4, 0.5) is 25.0 Å². The van der Waals surface area contributed by atoms with Crippen LogP contribution in [-0.4, -0.2) is 95.1 Å². The van der Waals surface area contributed by atoms with E-state index in [0.717, 1.165) is 25.6 Å². The maximum Gasteiger partial charge on any atom is 0.408 e. The molecule has 0 spiro atoms. The third-order valence-corrected chi connectivity index (χ3v) is 10.6. The van der Waals surface area contributed by atoms with Gasteiger partial charge in [0.15, 0.2) is 17.4 Å². The van der Waals surface area contributed by atoms with Crippen LogP contribution in [0.3, 0.4) is 0 Å². The SMILES string of the molecule is CN1C[C@@H]2CCN(c3c(-c4ccc5ccc(C(=O)O)c(=O)n5c4)cnc4c3-c3c(F)c(F)cc(N(C)C(=O)CCC(=O)CNC(=O)OC(C)(C)C)c3C4)[C@@H]2C1. The maximum absolute atomic E-state index is 16.3. The second-order valence-corrected chi connectivity index (χ2v) is 15.5. The van der Waals surface area contributed by atoms with Crippen molar-refractivity contribution >= 4 is 40.6 Å². The third kappa shape index (κ3) is 7.04. The standard InChI is InChI=1S/C40H42F2N6O7/c1-40(2,3)55-39(54)44-16-24(49)9-11-32(50)46(5)30-15-28(41)35(42)33-26(30)14-29-34(33)36(47-13-12-22-18-45(4)20-31(22)47)27(17-43-29)21-6-7-23-8-10-25(38(52)53)37(51)48(23)19-21/h6-8,10,15,17,19,22,31H,9,11-14,16,18,20H2,1-5H3,(H,44,54)(H,52,53)/t22-,31+/m0/s1. The number of nitrogens with one attached hydrogen (secondary N) is 1. The van der Waals surface area contributed by atoms with E-state index in [2.05, 4.69) is 15.1 Å². The molecule has 2 saturated heterocycles. The van der Waals surface area contributed by atoms with Crippen LogP contribution in [0.5, 0.6) is 0 Å². The average Bonchev–Trinajstić information content (AvgIpc) is 3.82. The molecular weight excluding hydrogens is 714 g/mol. The highest BCUT2D eigenvalue weighted by Gasteiger charge is 2.44. The van der Waals surface area contributed by atoms with Crippen molar-refractivity contribution < 1.29 is 37.8 Å². The van der Waals surface area contributed by atoms with Gasteiger partial charge in [0.05, 0.1) is 23.6 Å². The second kappa shape index (κ2) is 14.2. The summed E-state index contributed by atoms with van der Waals surface area (Å²) in [5.41, 5.74) is 1.74. The summed E-state index contributed by atoms with van der Waals surface area (Å²) in [5.74, 6) is -4.18. The van der Waals surface area contributed by atoms with Crippen LogP contribution in [0.15, 0.2) is 47.5 Å². The molecule has 15 heteroatoms. The summed E-state index contributed by atoms with van der Waals surface area (Å²) in [4.78, 5) is 73.5. The van der Waals surface area contributed by atoms with Crippen molar-refractivity contribution in [1.29, 1.82) is 0 Å². The molecule has 0 bridgehead atoms. The lowest BCUT2D eigenvalue weighted by Crippen LogP contribution is -2.36. The molecule has 0 radical (unpaired) electrons. The number of nitrogens with zero attached hydrogens (tertiary/aromatic N) is 5. The molecule has 2 atom stereocenters. The fourth-order valence-corrected chi connectivity index (χ4v) is 8.09. The number of benzene rings is 1. The van der Waals surface area contributed by atoms with Gasteiger partial charge in [-0.05, 0) is 63.9 Å². The van der Waals surface area contributed by atoms with Crippen molar-refractivity contribution in [2.75, 3.05) is 50.1 Å². The normalized spacial score (nSPS) is 17.5. The number of likely N-dealkylation sites (tertiary alicyclic amines) is 1. The number of anilines is 2. The Morgan fingerprint density at radius 3 is 2.55 bits per heavy atom. The highest BCUT2D eigenvalue weighted by Crippen LogP contribution is 2.52. The van der Waals surface area contributed by atoms with Gasteiger partial charge in [-0.3, -0.25) is 23.8 Å². The van der Waals surface area contributed by atoms with Crippen LogP contribution in [0.2, 0.25) is 0 Å². The number of fused-ring (bicyclic) bond motifs is 5. The van der Waals surface area contributed by atoms with E-state index < -0.39 is 52.1 Å². The Labute approximate surface area is 315 Å². The van der Waals surface area contributed by atoms with Crippen molar-refractivity contribution in [2.24, 2.45) is 5.92 Å². The first-order valence-electron chi connectivity index (χ1n) is 18.1. The van der Waals surface area contributed by atoms with E-state index in [1.165, 1.54) is 22.4 Å². The number of pyridine rings is 3. The number of alkyl carbamates (subject to hydrolysis) is 1. The smallest absolute Gasteiger partial charge is 0.408 e. The number of rotatable bonds is 9. The number of carboxylic acids is 1. The van der Waals surface area contributed by atoms with E-state index in [9.17, 15) is 29.1 Å². The topological polar surface area (TPSA) is 154 Å². The molecule has 5 heterocycles. The molecular formula is C40H42F2N6O7. The van der Waals surface area contributed by atoms with Gasteiger partial charge in [-0.1, -0.05) is 6.07 Å². The number of hydrogen-bond donors (Lipinski definition) is 2. The number of carbonyl (C=O) groups excluding carboxylic acids is 3. The Kier molecular flexibility index (Phi) is 9.70. The van der Waals surface area contributed by atoms with Crippen LogP contribution >= 0.6 is 0 Å². The molecule has 0 saturated carbocycles. The molecule has 1 aromatic carbocycles. The number of Topliss-reactive ketones (excluding diaryl/α,β-unsaturated/α-hetero) is 1. The van der Waals surface area contributed by atoms with Crippen LogP contribution in [-0.2, 0) is 20.7 Å². The first-order valence-corrected chi connectivity index (χ1v) is 18.1. The monoisotopic (exact) mass is 756 g/mol. The molecule has 7 rings (SSSR count). The summed E-state index contributed by atoms with van der Waals surface area (Å²) in [6.45, 7) is 7.00. The van der Waals surface area contributed by atoms with Crippen molar-refractivity contribution in [3.8, 4) is 22.3 Å². The van der Waals surface area contributed by atoms with E-state index in [0.29, 0.717) is 51.6 Å². The molecule has 2 aliphatic heterocycles. The van der Waals surface area contributed by atoms with Crippen LogP contribution in [0, 0.1) is 17.6 Å². The van der Waals surface area contributed by atoms with Gasteiger partial charge in [-0.2, -0.15) is 0 Å². The lowest BCUT2D eigenvalue weighted by atomic mass is 9.96. The first-order chi connectivity index (χ1) is 26.0. The van der Waals surface area contributed by atoms with Crippen molar-refractivity contribution in [2.45, 2.75) is 58.1 Å². The van der Waals surface area contributed by atoms with Crippen molar-refractivity contribution in [3.63, 3.8) is 0 Å². The van der Waals surface area contributed by atoms with Gasteiger partial charge in [-0.25, -0.2) is 18.4 Å². The lowest BCUT2D eigenvalue weighted by molar-refractivity contribution is -0.123. The molecule has 0 unspecified atom stereocenters. The molecule has 4 aromatic rings. The molecule has 1 aliphatic carbocycles. The number of ether oxygens (including phenoxy) is 1. The highest BCUT2D eigenvalue weighted by molar-refractivity contribution is 6.01. The fourth-order valence-electron chi connectivity index (χ4n) is 8.09. The number of amides is 2.